The smallest absolute Gasteiger partial charge is 0.320 e. The van der Waals surface area contributed by atoms with Gasteiger partial charge in [0, 0.05) is 12.6 Å². The first-order valence-electron chi connectivity index (χ1n) is 6.57. The topological polar surface area (TPSA) is 97.6 Å². The highest BCUT2D eigenvalue weighted by Gasteiger charge is 2.05. The second-order valence-corrected chi connectivity index (χ2v) is 4.39. The molecule has 0 aliphatic carbocycles. The maximum atomic E-state index is 11.9. The molecule has 0 spiro atoms. The van der Waals surface area contributed by atoms with Crippen LogP contribution in [0, 0.1) is 0 Å². The summed E-state index contributed by atoms with van der Waals surface area (Å²) in [5.41, 5.74) is 1.02. The van der Waals surface area contributed by atoms with Crippen molar-refractivity contribution in [3.05, 3.63) is 60.9 Å². The van der Waals surface area contributed by atoms with E-state index in [0.29, 0.717) is 18.2 Å². The minimum absolute atomic E-state index is 0.341. The van der Waals surface area contributed by atoms with Gasteiger partial charge in [0.2, 0.25) is 0 Å². The lowest BCUT2D eigenvalue weighted by Crippen LogP contribution is -2.28. The lowest BCUT2D eigenvalue weighted by Gasteiger charge is -2.07. The van der Waals surface area contributed by atoms with Crippen LogP contribution in [0.3, 0.4) is 0 Å². The average molecular weight is 295 g/mol. The minimum Gasteiger partial charge on any atom is -0.334 e. The Hall–Kier alpha value is -3.29. The number of urea groups is 1. The normalized spacial score (nSPS) is 10.2. The second kappa shape index (κ2) is 6.44. The molecule has 0 saturated carbocycles. The molecule has 0 radical (unpaired) electrons. The molecule has 22 heavy (non-hydrogen) atoms. The van der Waals surface area contributed by atoms with Crippen LogP contribution in [0.2, 0.25) is 0 Å². The molecule has 3 rings (SSSR count). The molecule has 2 heterocycles. The molecule has 8 heteroatoms. The number of benzene rings is 1. The van der Waals surface area contributed by atoms with Gasteiger partial charge < -0.3 is 5.32 Å². The van der Waals surface area contributed by atoms with Crippen molar-refractivity contribution in [1.29, 1.82) is 0 Å². The van der Waals surface area contributed by atoms with E-state index in [1.807, 2.05) is 30.3 Å². The molecule has 0 saturated heterocycles. The van der Waals surface area contributed by atoms with Crippen LogP contribution in [0.25, 0.3) is 5.82 Å². The van der Waals surface area contributed by atoms with E-state index in [4.69, 9.17) is 0 Å². The molecule has 110 valence electrons. The Balaban J connectivity index is 1.61. The number of rotatable bonds is 4. The van der Waals surface area contributed by atoms with Gasteiger partial charge in [-0.1, -0.05) is 30.3 Å². The number of carbonyl (C=O) groups excluding carboxylic acids is 1. The number of nitrogens with one attached hydrogen (secondary N) is 2. The van der Waals surface area contributed by atoms with Crippen molar-refractivity contribution in [2.24, 2.45) is 0 Å². The fourth-order valence-electron chi connectivity index (χ4n) is 1.81. The van der Waals surface area contributed by atoms with Crippen molar-refractivity contribution >= 4 is 11.8 Å². The molecule has 0 bridgehead atoms. The third kappa shape index (κ3) is 3.42. The van der Waals surface area contributed by atoms with Gasteiger partial charge in [0.05, 0.1) is 0 Å². The maximum absolute atomic E-state index is 11.9. The Morgan fingerprint density at radius 1 is 1.14 bits per heavy atom. The van der Waals surface area contributed by atoms with E-state index in [2.05, 4.69) is 30.7 Å². The lowest BCUT2D eigenvalue weighted by atomic mass is 10.2. The van der Waals surface area contributed by atoms with Gasteiger partial charge in [-0.05, 0) is 5.56 Å². The van der Waals surface area contributed by atoms with E-state index in [9.17, 15) is 4.79 Å². The number of aromatic nitrogens is 5. The Kier molecular flexibility index (Phi) is 4.01. The summed E-state index contributed by atoms with van der Waals surface area (Å²) in [6.45, 7) is 0.438. The van der Waals surface area contributed by atoms with E-state index in [1.165, 1.54) is 23.7 Å². The van der Waals surface area contributed by atoms with Gasteiger partial charge >= 0.3 is 6.03 Å². The molecule has 0 atom stereocenters. The Bertz CT molecular complexity index is 743. The predicted octanol–water partition coefficient (Wildman–Crippen LogP) is 1.38. The fraction of sp³-hybridized carbons (Fsp3) is 0.0714. The van der Waals surface area contributed by atoms with E-state index < -0.39 is 0 Å². The molecule has 2 amide bonds. The number of carbonyl (C=O) groups is 1. The largest absolute Gasteiger partial charge is 0.334 e. The van der Waals surface area contributed by atoms with Crippen LogP contribution in [0.15, 0.2) is 55.4 Å². The van der Waals surface area contributed by atoms with Gasteiger partial charge in [-0.2, -0.15) is 5.10 Å². The number of hydrogen-bond acceptors (Lipinski definition) is 5. The van der Waals surface area contributed by atoms with Crippen molar-refractivity contribution < 1.29 is 4.79 Å². The third-order valence-electron chi connectivity index (χ3n) is 2.84. The van der Waals surface area contributed by atoms with Crippen LogP contribution in [-0.4, -0.2) is 30.8 Å². The van der Waals surface area contributed by atoms with Crippen molar-refractivity contribution in [3.8, 4) is 5.82 Å². The van der Waals surface area contributed by atoms with E-state index >= 15 is 0 Å². The summed E-state index contributed by atoms with van der Waals surface area (Å²) in [4.78, 5) is 23.8. The van der Waals surface area contributed by atoms with Crippen LogP contribution in [0.5, 0.6) is 0 Å². The SMILES string of the molecule is O=C(NCc1ccccc1)Nc1cc(-n2cncn2)ncn1. The predicted molar refractivity (Wildman–Crippen MR) is 79.2 cm³/mol. The number of amides is 2. The van der Waals surface area contributed by atoms with Gasteiger partial charge in [-0.3, -0.25) is 5.32 Å². The summed E-state index contributed by atoms with van der Waals surface area (Å²) in [6, 6.07) is 10.9. The molecule has 1 aromatic carbocycles. The van der Waals surface area contributed by atoms with Gasteiger partial charge in [-0.25, -0.2) is 24.4 Å². The standard InChI is InChI=1S/C14H13N7O/c22-14(16-7-11-4-2-1-3-5-11)20-12-6-13(18-9-17-12)21-10-15-8-19-21/h1-6,8-10H,7H2,(H2,16,17,18,20,22). The molecule has 3 aromatic rings. The summed E-state index contributed by atoms with van der Waals surface area (Å²) in [7, 11) is 0. The third-order valence-corrected chi connectivity index (χ3v) is 2.84. The molecule has 8 nitrogen and oxygen atoms in total. The Morgan fingerprint density at radius 2 is 2.00 bits per heavy atom. The van der Waals surface area contributed by atoms with Crippen LogP contribution in [0.4, 0.5) is 10.6 Å². The molecule has 0 fully saturated rings. The van der Waals surface area contributed by atoms with Gasteiger partial charge in [0.15, 0.2) is 5.82 Å². The molecule has 2 aromatic heterocycles. The van der Waals surface area contributed by atoms with Crippen LogP contribution in [0.1, 0.15) is 5.56 Å². The maximum Gasteiger partial charge on any atom is 0.320 e. The average Bonchev–Trinajstić information content (AvgIpc) is 3.09. The van der Waals surface area contributed by atoms with Crippen molar-refractivity contribution in [2.45, 2.75) is 6.54 Å². The van der Waals surface area contributed by atoms with Crippen LogP contribution >= 0.6 is 0 Å². The van der Waals surface area contributed by atoms with Gasteiger partial charge in [0.25, 0.3) is 0 Å². The summed E-state index contributed by atoms with van der Waals surface area (Å²) < 4.78 is 1.48. The van der Waals surface area contributed by atoms with Crippen molar-refractivity contribution in [2.75, 3.05) is 5.32 Å². The quantitative estimate of drug-likeness (QED) is 0.757. The van der Waals surface area contributed by atoms with Crippen molar-refractivity contribution in [3.63, 3.8) is 0 Å². The Labute approximate surface area is 126 Å². The first-order valence-corrected chi connectivity index (χ1v) is 6.57. The minimum atomic E-state index is -0.341. The summed E-state index contributed by atoms with van der Waals surface area (Å²) >= 11 is 0. The van der Waals surface area contributed by atoms with Crippen LogP contribution in [-0.2, 0) is 6.54 Å². The van der Waals surface area contributed by atoms with E-state index in [1.54, 1.807) is 6.07 Å². The second-order valence-electron chi connectivity index (χ2n) is 4.39. The van der Waals surface area contributed by atoms with Gasteiger partial charge in [0.1, 0.15) is 24.8 Å². The number of hydrogen-bond donors (Lipinski definition) is 2. The highest BCUT2D eigenvalue weighted by atomic mass is 16.2. The molecular weight excluding hydrogens is 282 g/mol. The fourth-order valence-corrected chi connectivity index (χ4v) is 1.81. The summed E-state index contributed by atoms with van der Waals surface area (Å²) in [5.74, 6) is 0.900. The van der Waals surface area contributed by atoms with Crippen molar-refractivity contribution in [1.82, 2.24) is 30.0 Å². The zero-order chi connectivity index (χ0) is 15.2. The molecule has 0 unspecified atom stereocenters. The van der Waals surface area contributed by atoms with Gasteiger partial charge in [-0.15, -0.1) is 0 Å². The zero-order valence-electron chi connectivity index (χ0n) is 11.5. The summed E-state index contributed by atoms with van der Waals surface area (Å²) in [6.07, 6.45) is 4.27. The first kappa shape index (κ1) is 13.7. The van der Waals surface area contributed by atoms with E-state index in [-0.39, 0.29) is 6.03 Å². The van der Waals surface area contributed by atoms with E-state index in [0.717, 1.165) is 5.56 Å². The zero-order valence-corrected chi connectivity index (χ0v) is 11.5. The molecular formula is C14H13N7O. The Morgan fingerprint density at radius 3 is 2.77 bits per heavy atom. The number of nitrogens with zero attached hydrogens (tertiary/aromatic N) is 5. The lowest BCUT2D eigenvalue weighted by molar-refractivity contribution is 0.251. The highest BCUT2D eigenvalue weighted by molar-refractivity contribution is 5.88. The highest BCUT2D eigenvalue weighted by Crippen LogP contribution is 2.07. The summed E-state index contributed by atoms with van der Waals surface area (Å²) in [5, 5.41) is 9.38. The van der Waals surface area contributed by atoms with Crippen LogP contribution < -0.4 is 10.6 Å². The number of anilines is 1. The first-order chi connectivity index (χ1) is 10.8. The molecule has 0 aliphatic heterocycles. The molecule has 2 N–H and O–H groups in total. The monoisotopic (exact) mass is 295 g/mol. The molecule has 0 aliphatic rings.